The molecular weight excluding hydrogens is 270 g/mol. The van der Waals surface area contributed by atoms with Gasteiger partial charge in [0.05, 0.1) is 13.3 Å². The summed E-state index contributed by atoms with van der Waals surface area (Å²) in [5.74, 6) is 0.388. The minimum atomic E-state index is -0.252. The predicted molar refractivity (Wildman–Crippen MR) is 77.6 cm³/mol. The number of ether oxygens (including phenoxy) is 1. The Morgan fingerprint density at radius 3 is 2.62 bits per heavy atom. The molecule has 0 atom stereocenters. The number of esters is 1. The van der Waals surface area contributed by atoms with E-state index in [0.29, 0.717) is 25.2 Å². The van der Waals surface area contributed by atoms with Gasteiger partial charge in [0, 0.05) is 39.2 Å². The van der Waals surface area contributed by atoms with Crippen LogP contribution in [0, 0.1) is 0 Å². The lowest BCUT2D eigenvalue weighted by molar-refractivity contribution is -0.141. The van der Waals surface area contributed by atoms with Gasteiger partial charge in [-0.05, 0) is 30.7 Å². The van der Waals surface area contributed by atoms with Crippen LogP contribution in [0.15, 0.2) is 12.4 Å². The minimum Gasteiger partial charge on any atom is -0.469 e. The molecule has 1 aliphatic rings. The van der Waals surface area contributed by atoms with Gasteiger partial charge in [-0.3, -0.25) is 14.3 Å². The second-order valence-electron chi connectivity index (χ2n) is 5.53. The first-order valence-electron chi connectivity index (χ1n) is 7.43. The van der Waals surface area contributed by atoms with Crippen LogP contribution in [0.5, 0.6) is 0 Å². The van der Waals surface area contributed by atoms with Crippen molar-refractivity contribution < 1.29 is 14.3 Å². The molecule has 1 aliphatic heterocycles. The lowest BCUT2D eigenvalue weighted by Crippen LogP contribution is -2.37. The molecule has 21 heavy (non-hydrogen) atoms. The second-order valence-corrected chi connectivity index (χ2v) is 5.53. The Morgan fingerprint density at radius 2 is 2.05 bits per heavy atom. The Labute approximate surface area is 125 Å². The van der Waals surface area contributed by atoms with E-state index in [1.54, 1.807) is 0 Å². The second kappa shape index (κ2) is 7.24. The number of aryl methyl sites for hydroxylation is 1. The lowest BCUT2D eigenvalue weighted by atomic mass is 9.91. The third kappa shape index (κ3) is 4.31. The Balaban J connectivity index is 1.73. The molecule has 1 aromatic heterocycles. The number of hydrogen-bond donors (Lipinski definition) is 0. The Hall–Kier alpha value is -1.85. The van der Waals surface area contributed by atoms with Crippen molar-refractivity contribution in [2.24, 2.45) is 7.05 Å². The van der Waals surface area contributed by atoms with Crippen LogP contribution in [0.2, 0.25) is 0 Å². The SMILES string of the molecule is COC(=O)CCCC(=O)N1CCC(c2cnn(C)c2)CC1. The lowest BCUT2D eigenvalue weighted by Gasteiger charge is -2.31. The summed E-state index contributed by atoms with van der Waals surface area (Å²) in [5, 5.41) is 4.20. The maximum absolute atomic E-state index is 12.1. The largest absolute Gasteiger partial charge is 0.469 e. The molecule has 1 fully saturated rings. The summed E-state index contributed by atoms with van der Waals surface area (Å²) in [6, 6.07) is 0. The Bertz CT molecular complexity index is 490. The van der Waals surface area contributed by atoms with Gasteiger partial charge in [-0.15, -0.1) is 0 Å². The first kappa shape index (κ1) is 15.5. The fourth-order valence-corrected chi connectivity index (χ4v) is 2.76. The van der Waals surface area contributed by atoms with Gasteiger partial charge in [0.1, 0.15) is 0 Å². The van der Waals surface area contributed by atoms with Crippen molar-refractivity contribution in [2.45, 2.75) is 38.0 Å². The molecule has 0 aromatic carbocycles. The van der Waals surface area contributed by atoms with Crippen molar-refractivity contribution >= 4 is 11.9 Å². The van der Waals surface area contributed by atoms with Gasteiger partial charge < -0.3 is 9.64 Å². The summed E-state index contributed by atoms with van der Waals surface area (Å²) in [4.78, 5) is 25.0. The van der Waals surface area contributed by atoms with Crippen LogP contribution >= 0.6 is 0 Å². The molecule has 2 heterocycles. The van der Waals surface area contributed by atoms with Crippen LogP contribution in [-0.4, -0.2) is 46.8 Å². The molecule has 1 saturated heterocycles. The maximum Gasteiger partial charge on any atom is 0.305 e. The smallest absolute Gasteiger partial charge is 0.305 e. The fraction of sp³-hybridized carbons (Fsp3) is 0.667. The van der Waals surface area contributed by atoms with Crippen LogP contribution < -0.4 is 0 Å². The quantitative estimate of drug-likeness (QED) is 0.771. The van der Waals surface area contributed by atoms with Crippen molar-refractivity contribution in [3.8, 4) is 0 Å². The molecule has 0 saturated carbocycles. The number of hydrogen-bond acceptors (Lipinski definition) is 4. The van der Waals surface area contributed by atoms with Crippen LogP contribution in [0.25, 0.3) is 0 Å². The zero-order valence-corrected chi connectivity index (χ0v) is 12.7. The summed E-state index contributed by atoms with van der Waals surface area (Å²) in [5.41, 5.74) is 1.26. The fourth-order valence-electron chi connectivity index (χ4n) is 2.76. The number of carbonyl (C=O) groups excluding carboxylic acids is 2. The average molecular weight is 293 g/mol. The molecule has 116 valence electrons. The summed E-state index contributed by atoms with van der Waals surface area (Å²) in [6.45, 7) is 1.58. The molecule has 1 aromatic rings. The highest BCUT2D eigenvalue weighted by molar-refractivity contribution is 5.77. The maximum atomic E-state index is 12.1. The van der Waals surface area contributed by atoms with E-state index in [-0.39, 0.29) is 11.9 Å². The van der Waals surface area contributed by atoms with E-state index in [2.05, 4.69) is 16.0 Å². The number of rotatable bonds is 5. The Morgan fingerprint density at radius 1 is 1.33 bits per heavy atom. The zero-order valence-electron chi connectivity index (χ0n) is 12.7. The highest BCUT2D eigenvalue weighted by Crippen LogP contribution is 2.27. The molecule has 0 spiro atoms. The predicted octanol–water partition coefficient (Wildman–Crippen LogP) is 1.47. The monoisotopic (exact) mass is 293 g/mol. The summed E-state index contributed by atoms with van der Waals surface area (Å²) < 4.78 is 6.39. The van der Waals surface area contributed by atoms with Crippen LogP contribution in [0.3, 0.4) is 0 Å². The molecular formula is C15H23N3O3. The van der Waals surface area contributed by atoms with E-state index < -0.39 is 0 Å². The van der Waals surface area contributed by atoms with Gasteiger partial charge in [-0.2, -0.15) is 5.10 Å². The summed E-state index contributed by atoms with van der Waals surface area (Å²) in [6.07, 6.45) is 7.23. The summed E-state index contributed by atoms with van der Waals surface area (Å²) in [7, 11) is 3.29. The van der Waals surface area contributed by atoms with Gasteiger partial charge in [-0.1, -0.05) is 0 Å². The number of piperidine rings is 1. The number of aromatic nitrogens is 2. The van der Waals surface area contributed by atoms with Gasteiger partial charge in [0.25, 0.3) is 0 Å². The molecule has 0 bridgehead atoms. The van der Waals surface area contributed by atoms with Crippen molar-refractivity contribution in [3.05, 3.63) is 18.0 Å². The standard InChI is InChI=1S/C15H23N3O3/c1-17-11-13(10-16-17)12-6-8-18(9-7-12)14(19)4-3-5-15(20)21-2/h10-12H,3-9H2,1-2H3. The molecule has 0 N–H and O–H groups in total. The highest BCUT2D eigenvalue weighted by atomic mass is 16.5. The first-order chi connectivity index (χ1) is 10.1. The normalized spacial score (nSPS) is 16.0. The third-order valence-electron chi connectivity index (χ3n) is 4.04. The zero-order chi connectivity index (χ0) is 15.2. The van der Waals surface area contributed by atoms with E-state index in [4.69, 9.17) is 0 Å². The van der Waals surface area contributed by atoms with Crippen molar-refractivity contribution in [1.82, 2.24) is 14.7 Å². The van der Waals surface area contributed by atoms with Crippen molar-refractivity contribution in [2.75, 3.05) is 20.2 Å². The topological polar surface area (TPSA) is 64.4 Å². The molecule has 6 heteroatoms. The number of carbonyl (C=O) groups is 2. The molecule has 0 radical (unpaired) electrons. The molecule has 6 nitrogen and oxygen atoms in total. The molecule has 2 rings (SSSR count). The van der Waals surface area contributed by atoms with Crippen molar-refractivity contribution in [3.63, 3.8) is 0 Å². The Kier molecular flexibility index (Phi) is 5.36. The van der Waals surface area contributed by atoms with Gasteiger partial charge in [-0.25, -0.2) is 0 Å². The summed E-state index contributed by atoms with van der Waals surface area (Å²) >= 11 is 0. The first-order valence-corrected chi connectivity index (χ1v) is 7.43. The van der Waals surface area contributed by atoms with Crippen LogP contribution in [0.4, 0.5) is 0 Å². The van der Waals surface area contributed by atoms with E-state index in [9.17, 15) is 9.59 Å². The average Bonchev–Trinajstić information content (AvgIpc) is 2.93. The number of likely N-dealkylation sites (tertiary alicyclic amines) is 1. The van der Waals surface area contributed by atoms with Crippen LogP contribution in [-0.2, 0) is 21.4 Å². The molecule has 0 unspecified atom stereocenters. The van der Waals surface area contributed by atoms with E-state index >= 15 is 0 Å². The molecule has 0 aliphatic carbocycles. The number of amides is 1. The van der Waals surface area contributed by atoms with E-state index in [1.807, 2.05) is 22.8 Å². The number of methoxy groups -OCH3 is 1. The van der Waals surface area contributed by atoms with Gasteiger partial charge >= 0.3 is 5.97 Å². The van der Waals surface area contributed by atoms with E-state index in [1.165, 1.54) is 12.7 Å². The number of nitrogens with zero attached hydrogens (tertiary/aromatic N) is 3. The minimum absolute atomic E-state index is 0.142. The van der Waals surface area contributed by atoms with Gasteiger partial charge in [0.15, 0.2) is 0 Å². The van der Waals surface area contributed by atoms with Crippen molar-refractivity contribution in [1.29, 1.82) is 0 Å². The highest BCUT2D eigenvalue weighted by Gasteiger charge is 2.24. The van der Waals surface area contributed by atoms with E-state index in [0.717, 1.165) is 25.9 Å². The van der Waals surface area contributed by atoms with Gasteiger partial charge in [0.2, 0.25) is 5.91 Å². The molecule has 1 amide bonds. The van der Waals surface area contributed by atoms with Crippen LogP contribution in [0.1, 0.15) is 43.6 Å². The third-order valence-corrected chi connectivity index (χ3v) is 4.04.